The van der Waals surface area contributed by atoms with Gasteiger partial charge in [0.25, 0.3) is 0 Å². The molecule has 0 radical (unpaired) electrons. The standard InChI is InChI=1S/C54H94NO9P/c1-6-8-10-12-14-16-18-20-21-22-23-24-25-26-27-29-31-33-35-37-41-45-53(57)61-49-52(50-63-65(59,60)62-48-47-55(3,4)5)64-54(58)46-42-38-40-44-51(56)43-39-36-34-32-30-28-19-17-15-13-11-9-7-2/h9,11,15,17,20-21,28,30,34,36,38-40,43,51-52,56H,6-8,10,12-14,16,18-19,22-27,29,31-33,35,37,41-42,44-50H2,1-5H3/p+1/b11-9-,17-15-,21-20-,30-28-,36-34-,40-38-,43-39-/t51?,52-/m1/s1. The summed E-state index contributed by atoms with van der Waals surface area (Å²) in [5.41, 5.74) is 0. The number of hydrogen-bond acceptors (Lipinski definition) is 8. The second-order valence-corrected chi connectivity index (χ2v) is 19.5. The number of carbonyl (C=O) groups is 2. The third-order valence-corrected chi connectivity index (χ3v) is 11.5. The van der Waals surface area contributed by atoms with Crippen LogP contribution in [0.4, 0.5) is 0 Å². The van der Waals surface area contributed by atoms with Gasteiger partial charge in [0.2, 0.25) is 0 Å². The van der Waals surface area contributed by atoms with Gasteiger partial charge < -0.3 is 24.0 Å². The molecule has 0 saturated carbocycles. The van der Waals surface area contributed by atoms with E-state index in [0.29, 0.717) is 30.3 Å². The molecule has 0 saturated heterocycles. The third kappa shape index (κ3) is 48.9. The summed E-state index contributed by atoms with van der Waals surface area (Å²) in [7, 11) is 1.36. The zero-order chi connectivity index (χ0) is 48.0. The minimum Gasteiger partial charge on any atom is -0.462 e. The van der Waals surface area contributed by atoms with Gasteiger partial charge in [0.15, 0.2) is 6.10 Å². The number of ether oxygens (including phenoxy) is 2. The molecule has 10 nitrogen and oxygen atoms in total. The smallest absolute Gasteiger partial charge is 0.462 e. The number of esters is 2. The molecule has 2 unspecified atom stereocenters. The first kappa shape index (κ1) is 62.1. The van der Waals surface area contributed by atoms with E-state index in [-0.39, 0.29) is 26.1 Å². The molecule has 0 heterocycles. The maximum absolute atomic E-state index is 12.7. The lowest BCUT2D eigenvalue weighted by Crippen LogP contribution is -2.37. The summed E-state index contributed by atoms with van der Waals surface area (Å²) in [5, 5.41) is 10.3. The van der Waals surface area contributed by atoms with Crippen LogP contribution in [0, 0.1) is 0 Å². The largest absolute Gasteiger partial charge is 0.472 e. The Balaban J connectivity index is 4.45. The number of quaternary nitrogens is 1. The summed E-state index contributed by atoms with van der Waals surface area (Å²) in [5.74, 6) is -0.983. The van der Waals surface area contributed by atoms with E-state index >= 15 is 0 Å². The van der Waals surface area contributed by atoms with E-state index < -0.39 is 38.6 Å². The van der Waals surface area contributed by atoms with Crippen molar-refractivity contribution in [1.82, 2.24) is 0 Å². The fourth-order valence-electron chi connectivity index (χ4n) is 6.53. The van der Waals surface area contributed by atoms with Gasteiger partial charge in [0.1, 0.15) is 19.8 Å². The zero-order valence-corrected chi connectivity index (χ0v) is 42.7. The third-order valence-electron chi connectivity index (χ3n) is 10.5. The van der Waals surface area contributed by atoms with Gasteiger partial charge in [-0.2, -0.15) is 0 Å². The lowest BCUT2D eigenvalue weighted by molar-refractivity contribution is -0.870. The molecule has 0 aliphatic rings. The Morgan fingerprint density at radius 2 is 1.09 bits per heavy atom. The highest BCUT2D eigenvalue weighted by Crippen LogP contribution is 2.43. The van der Waals surface area contributed by atoms with E-state index in [2.05, 4.69) is 62.5 Å². The van der Waals surface area contributed by atoms with Crippen molar-refractivity contribution in [3.05, 3.63) is 85.1 Å². The van der Waals surface area contributed by atoms with E-state index in [1.54, 1.807) is 18.2 Å². The van der Waals surface area contributed by atoms with Crippen molar-refractivity contribution in [1.29, 1.82) is 0 Å². The topological polar surface area (TPSA) is 129 Å². The monoisotopic (exact) mass is 933 g/mol. The Morgan fingerprint density at radius 3 is 1.66 bits per heavy atom. The first-order valence-electron chi connectivity index (χ1n) is 25.4. The van der Waals surface area contributed by atoms with Crippen LogP contribution in [0.2, 0.25) is 0 Å². The summed E-state index contributed by atoms with van der Waals surface area (Å²) in [6.45, 7) is 4.10. The summed E-state index contributed by atoms with van der Waals surface area (Å²) in [6.07, 6.45) is 55.3. The number of carbonyl (C=O) groups excluding carboxylic acids is 2. The number of aliphatic hydroxyl groups is 1. The summed E-state index contributed by atoms with van der Waals surface area (Å²) < 4.78 is 34.3. The molecule has 0 aromatic rings. The van der Waals surface area contributed by atoms with Crippen molar-refractivity contribution < 1.29 is 47.2 Å². The van der Waals surface area contributed by atoms with Crippen LogP contribution in [0.3, 0.4) is 0 Å². The quantitative estimate of drug-likeness (QED) is 0.0153. The maximum Gasteiger partial charge on any atom is 0.472 e. The normalized spacial score (nSPS) is 14.6. The van der Waals surface area contributed by atoms with Crippen LogP contribution in [0.25, 0.3) is 0 Å². The maximum atomic E-state index is 12.7. The van der Waals surface area contributed by atoms with E-state index in [1.807, 2.05) is 39.4 Å². The number of rotatable bonds is 45. The van der Waals surface area contributed by atoms with Crippen molar-refractivity contribution >= 4 is 19.8 Å². The van der Waals surface area contributed by atoms with Gasteiger partial charge in [0, 0.05) is 12.8 Å². The number of unbranched alkanes of at least 4 members (excludes halogenated alkanes) is 17. The molecule has 11 heteroatoms. The number of nitrogens with zero attached hydrogens (tertiary/aromatic N) is 1. The predicted octanol–water partition coefficient (Wildman–Crippen LogP) is 14.1. The zero-order valence-electron chi connectivity index (χ0n) is 41.8. The Hall–Kier alpha value is -2.85. The Morgan fingerprint density at radius 1 is 0.569 bits per heavy atom. The molecule has 0 aliphatic heterocycles. The highest BCUT2D eigenvalue weighted by Gasteiger charge is 2.27. The second-order valence-electron chi connectivity index (χ2n) is 18.0. The van der Waals surface area contributed by atoms with Crippen LogP contribution in [0.1, 0.15) is 187 Å². The highest BCUT2D eigenvalue weighted by atomic mass is 31.2. The van der Waals surface area contributed by atoms with Crippen LogP contribution < -0.4 is 0 Å². The van der Waals surface area contributed by atoms with Gasteiger partial charge in [0.05, 0.1) is 33.9 Å². The lowest BCUT2D eigenvalue weighted by atomic mass is 10.0. The van der Waals surface area contributed by atoms with Crippen LogP contribution >= 0.6 is 7.82 Å². The highest BCUT2D eigenvalue weighted by molar-refractivity contribution is 7.47. The second kappa shape index (κ2) is 45.0. The van der Waals surface area contributed by atoms with E-state index in [0.717, 1.165) is 44.9 Å². The summed E-state index contributed by atoms with van der Waals surface area (Å²) in [6, 6.07) is 0. The average molecular weight is 933 g/mol. The molecular formula is C54H95NO9P+. The van der Waals surface area contributed by atoms with Gasteiger partial charge in [-0.15, -0.1) is 0 Å². The molecule has 0 amide bonds. The van der Waals surface area contributed by atoms with E-state index in [9.17, 15) is 24.2 Å². The SMILES string of the molecule is CC/C=C\C/C=C\C/C=C\C/C=C\C=C/C(O)C/C=C\CCC(=O)O[C@H](COC(=O)CCCCCCCCCCCCC/C=C\CCCCCCCC)COP(=O)(O)OCC[N+](C)(C)C. The van der Waals surface area contributed by atoms with Gasteiger partial charge in [-0.1, -0.05) is 189 Å². The fraction of sp³-hybridized carbons (Fsp3) is 0.704. The van der Waals surface area contributed by atoms with Crippen LogP contribution in [-0.4, -0.2) is 86.1 Å². The van der Waals surface area contributed by atoms with Crippen molar-refractivity contribution in [2.45, 2.75) is 199 Å². The number of aliphatic hydroxyl groups excluding tert-OH is 1. The molecule has 374 valence electrons. The average Bonchev–Trinajstić information content (AvgIpc) is 3.26. The molecule has 0 rings (SSSR count). The fourth-order valence-corrected chi connectivity index (χ4v) is 7.27. The van der Waals surface area contributed by atoms with Crippen LogP contribution in [0.5, 0.6) is 0 Å². The van der Waals surface area contributed by atoms with Gasteiger partial charge in [-0.25, -0.2) is 4.57 Å². The summed E-state index contributed by atoms with van der Waals surface area (Å²) in [4.78, 5) is 35.5. The number of phosphoric ester groups is 1. The van der Waals surface area contributed by atoms with Crippen molar-refractivity contribution in [3.63, 3.8) is 0 Å². The molecule has 3 atom stereocenters. The number of hydrogen-bond donors (Lipinski definition) is 2. The molecule has 2 N–H and O–H groups in total. The minimum atomic E-state index is -4.43. The minimum absolute atomic E-state index is 0.00431. The molecule has 0 aliphatic carbocycles. The Labute approximate surface area is 397 Å². The lowest BCUT2D eigenvalue weighted by Gasteiger charge is -2.24. The van der Waals surface area contributed by atoms with E-state index in [4.69, 9.17) is 18.5 Å². The molecule has 0 bridgehead atoms. The van der Waals surface area contributed by atoms with Crippen molar-refractivity contribution in [2.24, 2.45) is 0 Å². The Kier molecular flexibility index (Phi) is 43.0. The molecule has 0 fully saturated rings. The Bertz CT molecular complexity index is 1390. The molecular weight excluding hydrogens is 838 g/mol. The summed E-state index contributed by atoms with van der Waals surface area (Å²) >= 11 is 0. The van der Waals surface area contributed by atoms with Crippen LogP contribution in [-0.2, 0) is 32.7 Å². The van der Waals surface area contributed by atoms with E-state index in [1.165, 1.54) is 96.3 Å². The molecule has 65 heavy (non-hydrogen) atoms. The number of phosphoric acid groups is 1. The van der Waals surface area contributed by atoms with Gasteiger partial charge in [-0.3, -0.25) is 18.6 Å². The van der Waals surface area contributed by atoms with Gasteiger partial charge in [-0.05, 0) is 70.6 Å². The van der Waals surface area contributed by atoms with Crippen molar-refractivity contribution in [3.8, 4) is 0 Å². The van der Waals surface area contributed by atoms with Crippen molar-refractivity contribution in [2.75, 3.05) is 47.5 Å². The molecule has 0 aromatic carbocycles. The first-order chi connectivity index (χ1) is 31.4. The predicted molar refractivity (Wildman–Crippen MR) is 271 cm³/mol. The first-order valence-corrected chi connectivity index (χ1v) is 26.9. The number of likely N-dealkylation sites (N-methyl/N-ethyl adjacent to an activating group) is 1. The molecule has 0 spiro atoms. The van der Waals surface area contributed by atoms with Gasteiger partial charge >= 0.3 is 19.8 Å². The van der Waals surface area contributed by atoms with Crippen LogP contribution in [0.15, 0.2) is 85.1 Å². The molecule has 0 aromatic heterocycles. The number of allylic oxidation sites excluding steroid dienone is 12.